The maximum Gasteiger partial charge on any atom is 0.378 e. The van der Waals surface area contributed by atoms with E-state index < -0.39 is 13.7 Å². The number of rotatable bonds is 1. The zero-order valence-corrected chi connectivity index (χ0v) is 6.41. The fourth-order valence-electron chi connectivity index (χ4n) is 0.241. The highest BCUT2D eigenvalue weighted by Crippen LogP contribution is 2.51. The van der Waals surface area contributed by atoms with E-state index in [0.717, 1.165) is 4.90 Å². The summed E-state index contributed by atoms with van der Waals surface area (Å²) in [7, 11) is -3.00. The zero-order chi connectivity index (χ0) is 8.36. The van der Waals surface area contributed by atoms with Crippen molar-refractivity contribution < 1.29 is 17.4 Å². The van der Waals surface area contributed by atoms with Crippen LogP contribution in [0.1, 0.15) is 0 Å². The smallest absolute Gasteiger partial charge is 0.345 e. The van der Waals surface area contributed by atoms with Gasteiger partial charge in [-0.25, -0.2) is 0 Å². The lowest BCUT2D eigenvalue weighted by Gasteiger charge is -2.05. The third-order valence-corrected chi connectivity index (χ3v) is 1.21. The van der Waals surface area contributed by atoms with Crippen LogP contribution in [0.4, 0.5) is 12.6 Å². The molecule has 10 heavy (non-hydrogen) atoms. The van der Waals surface area contributed by atoms with Crippen molar-refractivity contribution in [3.05, 3.63) is 0 Å². The molecule has 1 amide bonds. The molecule has 0 aliphatic carbocycles. The number of carbonyl (C=O) groups is 1. The first-order valence-corrected chi connectivity index (χ1v) is 3.91. The number of nitrogens with zero attached hydrogens (tertiary/aromatic N) is 1. The van der Waals surface area contributed by atoms with Gasteiger partial charge in [0.25, 0.3) is 5.91 Å². The van der Waals surface area contributed by atoms with Gasteiger partial charge in [0.15, 0.2) is 0 Å². The largest absolute Gasteiger partial charge is 0.378 e. The van der Waals surface area contributed by atoms with Crippen LogP contribution in [0, 0.1) is 0 Å². The van der Waals surface area contributed by atoms with Crippen LogP contribution in [0.15, 0.2) is 0 Å². The van der Waals surface area contributed by atoms with Gasteiger partial charge in [0.05, 0.1) is 5.80 Å². The van der Waals surface area contributed by atoms with Crippen LogP contribution in [0.2, 0.25) is 0 Å². The normalized spacial score (nSPS) is 10.9. The SMILES string of the molecule is CN(C)C(=O)C=P(F)(F)F. The van der Waals surface area contributed by atoms with E-state index >= 15 is 0 Å². The molecule has 0 aromatic rings. The lowest BCUT2D eigenvalue weighted by Crippen LogP contribution is -2.22. The number of amides is 1. The number of hydrogen-bond donors (Lipinski definition) is 0. The van der Waals surface area contributed by atoms with Gasteiger partial charge < -0.3 is 4.90 Å². The van der Waals surface area contributed by atoms with E-state index in [2.05, 4.69) is 0 Å². The van der Waals surface area contributed by atoms with E-state index in [4.69, 9.17) is 0 Å². The summed E-state index contributed by atoms with van der Waals surface area (Å²) >= 11 is 0. The molecule has 2 nitrogen and oxygen atoms in total. The molecule has 0 fully saturated rings. The fourth-order valence-corrected chi connectivity index (χ4v) is 0.722. The Kier molecular flexibility index (Phi) is 2.96. The van der Waals surface area contributed by atoms with Gasteiger partial charge in [0.2, 0.25) is 0 Å². The molecule has 60 valence electrons. The molecular weight excluding hydrogens is 166 g/mol. The Morgan fingerprint density at radius 2 is 1.80 bits per heavy atom. The molecule has 0 atom stereocenters. The highest BCUT2D eigenvalue weighted by Gasteiger charge is 2.15. The molecule has 0 aromatic heterocycles. The number of carbonyl (C=O) groups excluding carboxylic acids is 1. The molecule has 0 saturated carbocycles. The molecule has 6 heteroatoms. The molecule has 0 N–H and O–H groups in total. The van der Waals surface area contributed by atoms with Crippen LogP contribution in [0.3, 0.4) is 0 Å². The molecule has 0 aliphatic heterocycles. The Labute approximate surface area is 57.0 Å². The minimum Gasteiger partial charge on any atom is -0.345 e. The Hall–Kier alpha value is -0.440. The van der Waals surface area contributed by atoms with E-state index in [1.807, 2.05) is 0 Å². The predicted octanol–water partition coefficient (Wildman–Crippen LogP) is 1.55. The maximum atomic E-state index is 11.5. The van der Waals surface area contributed by atoms with E-state index in [1.54, 1.807) is 0 Å². The second kappa shape index (κ2) is 3.10. The van der Waals surface area contributed by atoms with Crippen molar-refractivity contribution in [1.29, 1.82) is 0 Å². The summed E-state index contributed by atoms with van der Waals surface area (Å²) in [6, 6.07) is 0. The van der Waals surface area contributed by atoms with Gasteiger partial charge in [-0.3, -0.25) is 4.79 Å². The van der Waals surface area contributed by atoms with E-state index in [0.29, 0.717) is 0 Å². The Bertz CT molecular complexity index is 177. The number of hydrogen-bond acceptors (Lipinski definition) is 1. The lowest BCUT2D eigenvalue weighted by molar-refractivity contribution is -0.121. The first kappa shape index (κ1) is 9.56. The van der Waals surface area contributed by atoms with E-state index in [-0.39, 0.29) is 5.80 Å². The maximum absolute atomic E-state index is 11.5. The lowest BCUT2D eigenvalue weighted by atomic mass is 10.6. The summed E-state index contributed by atoms with van der Waals surface area (Å²) in [5, 5.41) is 0. The Balaban J connectivity index is 4.30. The third-order valence-electron chi connectivity index (χ3n) is 0.698. The molecule has 0 unspecified atom stereocenters. The van der Waals surface area contributed by atoms with Crippen molar-refractivity contribution in [1.82, 2.24) is 4.90 Å². The summed E-state index contributed by atoms with van der Waals surface area (Å²) in [5.74, 6) is -1.17. The predicted molar refractivity (Wildman–Crippen MR) is 35.0 cm³/mol. The van der Waals surface area contributed by atoms with Crippen LogP contribution in [0.25, 0.3) is 0 Å². The second-order valence-corrected chi connectivity index (χ2v) is 3.07. The molecule has 0 saturated heterocycles. The van der Waals surface area contributed by atoms with Crippen LogP contribution in [-0.4, -0.2) is 30.7 Å². The highest BCUT2D eigenvalue weighted by atomic mass is 31.2. The van der Waals surface area contributed by atoms with Gasteiger partial charge in [-0.2, -0.15) is 12.6 Å². The van der Waals surface area contributed by atoms with Crippen LogP contribution in [0.5, 0.6) is 0 Å². The molecular formula is C4H7F3NOP. The van der Waals surface area contributed by atoms with Crippen molar-refractivity contribution in [2.45, 2.75) is 0 Å². The fraction of sp³-hybridized carbons (Fsp3) is 0.500. The molecule has 0 bridgehead atoms. The van der Waals surface area contributed by atoms with Crippen molar-refractivity contribution in [2.24, 2.45) is 0 Å². The third kappa shape index (κ3) is 4.44. The summed E-state index contributed by atoms with van der Waals surface area (Å²) < 4.78 is 34.4. The second-order valence-electron chi connectivity index (χ2n) is 1.85. The molecule has 0 spiro atoms. The van der Waals surface area contributed by atoms with Crippen LogP contribution >= 0.6 is 7.82 Å². The molecule has 0 heterocycles. The molecule has 0 aliphatic rings. The first-order chi connectivity index (χ1) is 4.33. The molecule has 0 aromatic carbocycles. The van der Waals surface area contributed by atoms with Gasteiger partial charge in [-0.15, -0.1) is 0 Å². The van der Waals surface area contributed by atoms with Crippen molar-refractivity contribution >= 4 is 19.5 Å². The van der Waals surface area contributed by atoms with Crippen molar-refractivity contribution in [3.63, 3.8) is 0 Å². The highest BCUT2D eigenvalue weighted by molar-refractivity contribution is 7.61. The quantitative estimate of drug-likeness (QED) is 0.551. The minimum absolute atomic E-state index is 0.174. The first-order valence-electron chi connectivity index (χ1n) is 2.38. The van der Waals surface area contributed by atoms with Crippen molar-refractivity contribution in [3.8, 4) is 0 Å². The van der Waals surface area contributed by atoms with E-state index in [9.17, 15) is 17.4 Å². The van der Waals surface area contributed by atoms with Gasteiger partial charge in [0.1, 0.15) is 0 Å². The van der Waals surface area contributed by atoms with Gasteiger partial charge in [-0.1, -0.05) is 0 Å². The summed E-state index contributed by atoms with van der Waals surface area (Å²) in [6.45, 7) is 0. The average Bonchev–Trinajstić information content (AvgIpc) is 1.60. The minimum atomic E-state index is -5.54. The number of halogens is 3. The summed E-state index contributed by atoms with van der Waals surface area (Å²) in [6.07, 6.45) is 0. The van der Waals surface area contributed by atoms with E-state index in [1.165, 1.54) is 14.1 Å². The van der Waals surface area contributed by atoms with Crippen molar-refractivity contribution in [2.75, 3.05) is 14.1 Å². The monoisotopic (exact) mass is 173 g/mol. The Morgan fingerprint density at radius 3 is 1.90 bits per heavy atom. The molecule has 0 rings (SSSR count). The topological polar surface area (TPSA) is 20.3 Å². The molecule has 0 radical (unpaired) electrons. The van der Waals surface area contributed by atoms with Gasteiger partial charge in [0, 0.05) is 14.1 Å². The standard InChI is InChI=1S/C4H7F3NOP/c1-8(2)4(9)3-10(5,6)7/h3H,1-2H3. The van der Waals surface area contributed by atoms with Gasteiger partial charge in [-0.05, 0) is 0 Å². The van der Waals surface area contributed by atoms with Crippen LogP contribution in [-0.2, 0) is 4.79 Å². The Morgan fingerprint density at radius 1 is 1.40 bits per heavy atom. The summed E-state index contributed by atoms with van der Waals surface area (Å²) in [5.41, 5.74) is 0. The summed E-state index contributed by atoms with van der Waals surface area (Å²) in [4.78, 5) is 11.2. The van der Waals surface area contributed by atoms with Gasteiger partial charge >= 0.3 is 7.82 Å². The average molecular weight is 173 g/mol. The zero-order valence-electron chi connectivity index (χ0n) is 5.51. The van der Waals surface area contributed by atoms with Crippen LogP contribution < -0.4 is 0 Å².